The van der Waals surface area contributed by atoms with Crippen LogP contribution in [0, 0.1) is 0 Å². The van der Waals surface area contributed by atoms with Crippen LogP contribution in [0.3, 0.4) is 0 Å². The maximum Gasteiger partial charge on any atom is 0.257 e. The topological polar surface area (TPSA) is 83.1 Å². The van der Waals surface area contributed by atoms with E-state index in [9.17, 15) is 9.59 Å². The largest absolute Gasteiger partial charge is 0.348 e. The van der Waals surface area contributed by atoms with E-state index >= 15 is 0 Å². The SMILES string of the molecule is CC1NCCCC1NC(=O)c1cccc(NC(=O)c2cccnc2)c1.Cl.Cl. The summed E-state index contributed by atoms with van der Waals surface area (Å²) in [7, 11) is 0. The first kappa shape index (κ1) is 22.9. The molecule has 6 nitrogen and oxygen atoms in total. The second-order valence-corrected chi connectivity index (χ2v) is 6.24. The van der Waals surface area contributed by atoms with E-state index < -0.39 is 0 Å². The van der Waals surface area contributed by atoms with E-state index in [0.717, 1.165) is 19.4 Å². The molecule has 1 aromatic heterocycles. The number of piperidine rings is 1. The summed E-state index contributed by atoms with van der Waals surface area (Å²) in [5.41, 5.74) is 1.58. The van der Waals surface area contributed by atoms with Crippen molar-refractivity contribution in [3.05, 3.63) is 59.9 Å². The lowest BCUT2D eigenvalue weighted by Gasteiger charge is -2.30. The highest BCUT2D eigenvalue weighted by atomic mass is 35.5. The predicted molar refractivity (Wildman–Crippen MR) is 111 cm³/mol. The molecule has 0 radical (unpaired) electrons. The summed E-state index contributed by atoms with van der Waals surface area (Å²) in [5, 5.41) is 9.23. The molecule has 2 unspecified atom stereocenters. The number of hydrogen-bond acceptors (Lipinski definition) is 4. The average Bonchev–Trinajstić information content (AvgIpc) is 2.64. The number of carbonyl (C=O) groups excluding carboxylic acids is 2. The van der Waals surface area contributed by atoms with Gasteiger partial charge in [-0.3, -0.25) is 14.6 Å². The molecule has 3 N–H and O–H groups in total. The maximum atomic E-state index is 12.5. The Morgan fingerprint density at radius 3 is 2.59 bits per heavy atom. The van der Waals surface area contributed by atoms with Crippen LogP contribution < -0.4 is 16.0 Å². The van der Waals surface area contributed by atoms with Gasteiger partial charge < -0.3 is 16.0 Å². The third-order valence-electron chi connectivity index (χ3n) is 4.38. The number of nitrogens with zero attached hydrogens (tertiary/aromatic N) is 1. The van der Waals surface area contributed by atoms with Crippen LogP contribution in [-0.2, 0) is 0 Å². The fraction of sp³-hybridized carbons (Fsp3) is 0.316. The molecule has 0 spiro atoms. The number of hydrogen-bond donors (Lipinski definition) is 3. The number of amides is 2. The number of halogens is 2. The zero-order chi connectivity index (χ0) is 17.6. The van der Waals surface area contributed by atoms with E-state index in [1.807, 2.05) is 0 Å². The molecular formula is C19H24Cl2N4O2. The van der Waals surface area contributed by atoms with Gasteiger partial charge in [0.2, 0.25) is 0 Å². The Morgan fingerprint density at radius 2 is 1.89 bits per heavy atom. The third kappa shape index (κ3) is 6.20. The minimum atomic E-state index is -0.254. The summed E-state index contributed by atoms with van der Waals surface area (Å²) >= 11 is 0. The van der Waals surface area contributed by atoms with E-state index in [1.165, 1.54) is 6.20 Å². The number of rotatable bonds is 4. The van der Waals surface area contributed by atoms with Gasteiger partial charge >= 0.3 is 0 Å². The van der Waals surface area contributed by atoms with Gasteiger partial charge in [0, 0.05) is 35.7 Å². The molecule has 1 aromatic carbocycles. The van der Waals surface area contributed by atoms with Crippen molar-refractivity contribution in [1.82, 2.24) is 15.6 Å². The quantitative estimate of drug-likeness (QED) is 0.722. The molecule has 1 aliphatic rings. The van der Waals surface area contributed by atoms with Gasteiger partial charge in [0.25, 0.3) is 11.8 Å². The van der Waals surface area contributed by atoms with Gasteiger partial charge in [-0.1, -0.05) is 6.07 Å². The van der Waals surface area contributed by atoms with E-state index in [-0.39, 0.29) is 48.7 Å². The highest BCUT2D eigenvalue weighted by Gasteiger charge is 2.22. The van der Waals surface area contributed by atoms with Crippen molar-refractivity contribution in [1.29, 1.82) is 0 Å². The molecule has 27 heavy (non-hydrogen) atoms. The molecule has 0 aliphatic carbocycles. The van der Waals surface area contributed by atoms with Crippen molar-refractivity contribution < 1.29 is 9.59 Å². The molecule has 2 atom stereocenters. The third-order valence-corrected chi connectivity index (χ3v) is 4.38. The van der Waals surface area contributed by atoms with E-state index in [0.29, 0.717) is 16.8 Å². The molecule has 3 rings (SSSR count). The van der Waals surface area contributed by atoms with Crippen molar-refractivity contribution in [2.45, 2.75) is 31.8 Å². The lowest BCUT2D eigenvalue weighted by atomic mass is 9.99. The van der Waals surface area contributed by atoms with Gasteiger partial charge in [-0.15, -0.1) is 24.8 Å². The summed E-state index contributed by atoms with van der Waals surface area (Å²) in [5.74, 6) is -0.381. The van der Waals surface area contributed by atoms with Crippen LogP contribution in [0.4, 0.5) is 5.69 Å². The van der Waals surface area contributed by atoms with E-state index in [2.05, 4.69) is 27.9 Å². The molecule has 1 saturated heterocycles. The van der Waals surface area contributed by atoms with Crippen LogP contribution in [0.1, 0.15) is 40.5 Å². The Morgan fingerprint density at radius 1 is 1.11 bits per heavy atom. The number of carbonyl (C=O) groups is 2. The fourth-order valence-corrected chi connectivity index (χ4v) is 2.93. The van der Waals surface area contributed by atoms with Crippen LogP contribution >= 0.6 is 24.8 Å². The zero-order valence-electron chi connectivity index (χ0n) is 15.0. The van der Waals surface area contributed by atoms with Gasteiger partial charge in [-0.25, -0.2) is 0 Å². The Balaban J connectivity index is 0.00000182. The van der Waals surface area contributed by atoms with Crippen molar-refractivity contribution in [3.63, 3.8) is 0 Å². The Labute approximate surface area is 171 Å². The molecule has 146 valence electrons. The van der Waals surface area contributed by atoms with Crippen LogP contribution in [0.5, 0.6) is 0 Å². The van der Waals surface area contributed by atoms with Gasteiger partial charge in [0.05, 0.1) is 5.56 Å². The highest BCUT2D eigenvalue weighted by molar-refractivity contribution is 6.04. The minimum Gasteiger partial charge on any atom is -0.348 e. The molecule has 0 saturated carbocycles. The second kappa shape index (κ2) is 10.9. The molecule has 0 bridgehead atoms. The van der Waals surface area contributed by atoms with Crippen LogP contribution in [0.25, 0.3) is 0 Å². The number of anilines is 1. The van der Waals surface area contributed by atoms with Crippen LogP contribution in [0.15, 0.2) is 48.8 Å². The summed E-state index contributed by atoms with van der Waals surface area (Å²) in [6.45, 7) is 3.07. The van der Waals surface area contributed by atoms with Gasteiger partial charge in [-0.2, -0.15) is 0 Å². The Hall–Kier alpha value is -2.15. The molecular weight excluding hydrogens is 387 g/mol. The first-order valence-corrected chi connectivity index (χ1v) is 8.49. The molecule has 8 heteroatoms. The Bertz CT molecular complexity index is 758. The monoisotopic (exact) mass is 410 g/mol. The normalized spacial score (nSPS) is 18.4. The number of benzene rings is 1. The van der Waals surface area contributed by atoms with Crippen LogP contribution in [0.2, 0.25) is 0 Å². The molecule has 1 fully saturated rings. The van der Waals surface area contributed by atoms with Crippen molar-refractivity contribution in [2.24, 2.45) is 0 Å². The molecule has 2 heterocycles. The summed E-state index contributed by atoms with van der Waals surface area (Å²) in [6.07, 6.45) is 5.14. The zero-order valence-corrected chi connectivity index (χ0v) is 16.6. The summed E-state index contributed by atoms with van der Waals surface area (Å²) in [4.78, 5) is 28.6. The second-order valence-electron chi connectivity index (χ2n) is 6.24. The Kier molecular flexibility index (Phi) is 9.21. The van der Waals surface area contributed by atoms with Crippen molar-refractivity contribution in [3.8, 4) is 0 Å². The average molecular weight is 411 g/mol. The molecule has 1 aliphatic heterocycles. The number of pyridine rings is 1. The van der Waals surface area contributed by atoms with Crippen molar-refractivity contribution >= 4 is 42.3 Å². The van der Waals surface area contributed by atoms with Gasteiger partial charge in [0.15, 0.2) is 0 Å². The minimum absolute atomic E-state index is 0. The lowest BCUT2D eigenvalue weighted by molar-refractivity contribution is 0.0919. The molecule has 2 aromatic rings. The standard InChI is InChI=1S/C19H22N4O2.2ClH/c1-13-17(8-4-10-21-13)23-18(24)14-5-2-7-16(11-14)22-19(25)15-6-3-9-20-12-15;;/h2-3,5-7,9,11-13,17,21H,4,8,10H2,1H3,(H,22,25)(H,23,24);2*1H. The summed E-state index contributed by atoms with van der Waals surface area (Å²) in [6, 6.07) is 10.7. The van der Waals surface area contributed by atoms with Gasteiger partial charge in [-0.05, 0) is 56.6 Å². The van der Waals surface area contributed by atoms with Crippen LogP contribution in [-0.4, -0.2) is 35.4 Å². The smallest absolute Gasteiger partial charge is 0.257 e. The molecule has 2 amide bonds. The van der Waals surface area contributed by atoms with Gasteiger partial charge in [0.1, 0.15) is 0 Å². The number of nitrogens with one attached hydrogen (secondary N) is 3. The van der Waals surface area contributed by atoms with E-state index in [1.54, 1.807) is 42.6 Å². The van der Waals surface area contributed by atoms with E-state index in [4.69, 9.17) is 0 Å². The number of aromatic nitrogens is 1. The summed E-state index contributed by atoms with van der Waals surface area (Å²) < 4.78 is 0. The maximum absolute atomic E-state index is 12.5. The highest BCUT2D eigenvalue weighted by Crippen LogP contribution is 2.14. The fourth-order valence-electron chi connectivity index (χ4n) is 2.93. The lowest BCUT2D eigenvalue weighted by Crippen LogP contribution is -2.51. The first-order valence-electron chi connectivity index (χ1n) is 8.49. The van der Waals surface area contributed by atoms with Crippen molar-refractivity contribution in [2.75, 3.05) is 11.9 Å². The predicted octanol–water partition coefficient (Wildman–Crippen LogP) is 3.05. The first-order chi connectivity index (χ1) is 12.1.